The molecule has 3 aromatic rings. The second-order valence-corrected chi connectivity index (χ2v) is 5.99. The summed E-state index contributed by atoms with van der Waals surface area (Å²) in [5.74, 6) is -0.102. The van der Waals surface area contributed by atoms with E-state index in [9.17, 15) is 9.59 Å². The molecule has 1 aromatic heterocycles. The van der Waals surface area contributed by atoms with Crippen molar-refractivity contribution in [2.45, 2.75) is 6.61 Å². The average molecular weight is 339 g/mol. The van der Waals surface area contributed by atoms with Gasteiger partial charge >= 0.3 is 5.69 Å². The van der Waals surface area contributed by atoms with Gasteiger partial charge in [-0.3, -0.25) is 9.36 Å². The van der Waals surface area contributed by atoms with E-state index in [2.05, 4.69) is 4.98 Å². The van der Waals surface area contributed by atoms with Crippen LogP contribution >= 0.6 is 0 Å². The number of likely N-dealkylation sites (N-methyl/N-ethyl adjacent to an activating group) is 1. The van der Waals surface area contributed by atoms with Gasteiger partial charge in [0.1, 0.15) is 0 Å². The van der Waals surface area contributed by atoms with Crippen LogP contribution in [-0.4, -0.2) is 40.6 Å². The number of fused-ring (bicyclic) bond motifs is 1. The Morgan fingerprint density at radius 2 is 1.96 bits per heavy atom. The first-order chi connectivity index (χ1) is 12.1. The number of benzene rings is 2. The first-order valence-corrected chi connectivity index (χ1v) is 8.12. The lowest BCUT2D eigenvalue weighted by Gasteiger charge is -2.17. The summed E-state index contributed by atoms with van der Waals surface area (Å²) in [6.07, 6.45) is 0. The van der Waals surface area contributed by atoms with Crippen LogP contribution in [0.5, 0.6) is 0 Å². The van der Waals surface area contributed by atoms with Gasteiger partial charge in [-0.1, -0.05) is 30.3 Å². The number of nitrogens with one attached hydrogen (secondary N) is 1. The number of rotatable bonds is 6. The molecular formula is C19H21N3O3. The number of amides is 1. The maximum atomic E-state index is 12.5. The Bertz CT molecular complexity index is 928. The number of carbonyl (C=O) groups is 1. The number of carbonyl (C=O) groups excluding carboxylic acids is 1. The largest absolute Gasteiger partial charge is 0.375 e. The van der Waals surface area contributed by atoms with Gasteiger partial charge in [-0.05, 0) is 23.8 Å². The third kappa shape index (κ3) is 3.80. The molecule has 25 heavy (non-hydrogen) atoms. The number of hydrogen-bond acceptors (Lipinski definition) is 3. The zero-order valence-corrected chi connectivity index (χ0v) is 14.4. The van der Waals surface area contributed by atoms with Crippen LogP contribution in [0.1, 0.15) is 15.9 Å². The first kappa shape index (κ1) is 17.0. The van der Waals surface area contributed by atoms with Gasteiger partial charge < -0.3 is 14.6 Å². The smallest absolute Gasteiger partial charge is 0.326 e. The summed E-state index contributed by atoms with van der Waals surface area (Å²) in [5, 5.41) is 0. The minimum Gasteiger partial charge on any atom is -0.375 e. The van der Waals surface area contributed by atoms with Crippen LogP contribution in [0.15, 0.2) is 53.3 Å². The average Bonchev–Trinajstić information content (AvgIpc) is 2.92. The summed E-state index contributed by atoms with van der Waals surface area (Å²) in [5.41, 5.74) is 2.89. The molecule has 0 aliphatic heterocycles. The van der Waals surface area contributed by atoms with Gasteiger partial charge in [-0.15, -0.1) is 0 Å². The maximum Gasteiger partial charge on any atom is 0.326 e. The highest BCUT2D eigenvalue weighted by Crippen LogP contribution is 2.13. The summed E-state index contributed by atoms with van der Waals surface area (Å²) in [6.45, 7) is 1.48. The summed E-state index contributed by atoms with van der Waals surface area (Å²) < 4.78 is 7.14. The molecule has 1 heterocycles. The topological polar surface area (TPSA) is 67.3 Å². The predicted molar refractivity (Wildman–Crippen MR) is 96.6 cm³/mol. The van der Waals surface area contributed by atoms with Gasteiger partial charge in [-0.2, -0.15) is 0 Å². The minimum atomic E-state index is -0.192. The van der Waals surface area contributed by atoms with Gasteiger partial charge in [0.25, 0.3) is 5.91 Å². The van der Waals surface area contributed by atoms with Gasteiger partial charge in [0, 0.05) is 26.2 Å². The van der Waals surface area contributed by atoms with Gasteiger partial charge in [-0.25, -0.2) is 4.79 Å². The zero-order valence-electron chi connectivity index (χ0n) is 14.4. The molecule has 0 atom stereocenters. The third-order valence-electron chi connectivity index (χ3n) is 4.18. The Labute approximate surface area is 145 Å². The van der Waals surface area contributed by atoms with E-state index in [0.717, 1.165) is 11.1 Å². The summed E-state index contributed by atoms with van der Waals surface area (Å²) >= 11 is 0. The van der Waals surface area contributed by atoms with Crippen molar-refractivity contribution >= 4 is 16.9 Å². The van der Waals surface area contributed by atoms with Gasteiger partial charge in [0.15, 0.2) is 0 Å². The molecule has 6 nitrogen and oxygen atoms in total. The molecule has 1 amide bonds. The molecule has 130 valence electrons. The number of hydrogen-bond donors (Lipinski definition) is 1. The fourth-order valence-electron chi connectivity index (χ4n) is 2.66. The Hall–Kier alpha value is -2.86. The molecule has 1 N–H and O–H groups in total. The highest BCUT2D eigenvalue weighted by Gasteiger charge is 2.13. The van der Waals surface area contributed by atoms with E-state index in [-0.39, 0.29) is 11.6 Å². The fourth-order valence-corrected chi connectivity index (χ4v) is 2.66. The molecule has 0 aliphatic rings. The quantitative estimate of drug-likeness (QED) is 0.700. The first-order valence-electron chi connectivity index (χ1n) is 8.12. The van der Waals surface area contributed by atoms with Crippen molar-refractivity contribution in [3.05, 3.63) is 70.1 Å². The molecule has 0 saturated heterocycles. The van der Waals surface area contributed by atoms with Crippen molar-refractivity contribution in [1.29, 1.82) is 0 Å². The SMILES string of the molecule is CN(CCOCc1ccccc1)C(=O)c1ccc2c(c1)[nH]c(=O)n2C. The number of aromatic nitrogens is 2. The monoisotopic (exact) mass is 339 g/mol. The van der Waals surface area contributed by atoms with Crippen LogP contribution in [0.3, 0.4) is 0 Å². The summed E-state index contributed by atoms with van der Waals surface area (Å²) in [7, 11) is 3.44. The van der Waals surface area contributed by atoms with E-state index in [0.29, 0.717) is 30.8 Å². The minimum absolute atomic E-state index is 0.102. The number of aromatic amines is 1. The summed E-state index contributed by atoms with van der Waals surface area (Å²) in [6, 6.07) is 15.1. The molecule has 3 rings (SSSR count). The number of aryl methyl sites for hydroxylation is 1. The molecule has 0 spiro atoms. The standard InChI is InChI=1S/C19H21N3O3/c1-21(10-11-25-13-14-6-4-3-5-7-14)18(23)15-8-9-17-16(12-15)20-19(24)22(17)2/h3-9,12H,10-11,13H2,1-2H3,(H,20,24). The fraction of sp³-hybridized carbons (Fsp3) is 0.263. The van der Waals surface area contributed by atoms with Gasteiger partial charge in [0.05, 0.1) is 24.2 Å². The molecule has 0 aliphatic carbocycles. The number of ether oxygens (including phenoxy) is 1. The molecular weight excluding hydrogens is 318 g/mol. The van der Waals surface area contributed by atoms with Crippen molar-refractivity contribution in [3.63, 3.8) is 0 Å². The Balaban J connectivity index is 1.57. The molecule has 0 saturated carbocycles. The number of imidazole rings is 1. The van der Waals surface area contributed by atoms with E-state index in [1.807, 2.05) is 30.3 Å². The van der Waals surface area contributed by atoms with Crippen LogP contribution in [0.25, 0.3) is 11.0 Å². The molecule has 0 fully saturated rings. The van der Waals surface area contributed by atoms with Crippen LogP contribution in [0.4, 0.5) is 0 Å². The predicted octanol–water partition coefficient (Wildman–Crippen LogP) is 2.16. The Kier molecular flexibility index (Phi) is 5.00. The normalized spacial score (nSPS) is 11.0. The molecule has 0 radical (unpaired) electrons. The lowest BCUT2D eigenvalue weighted by molar-refractivity contribution is 0.0671. The zero-order chi connectivity index (χ0) is 17.8. The van der Waals surface area contributed by atoms with Crippen molar-refractivity contribution < 1.29 is 9.53 Å². The summed E-state index contributed by atoms with van der Waals surface area (Å²) in [4.78, 5) is 28.5. The van der Waals surface area contributed by atoms with Crippen molar-refractivity contribution in [3.8, 4) is 0 Å². The lowest BCUT2D eigenvalue weighted by Crippen LogP contribution is -2.30. The molecule has 0 bridgehead atoms. The number of H-pyrrole nitrogens is 1. The third-order valence-corrected chi connectivity index (χ3v) is 4.18. The highest BCUT2D eigenvalue weighted by molar-refractivity contribution is 5.97. The van der Waals surface area contributed by atoms with Crippen molar-refractivity contribution in [2.24, 2.45) is 7.05 Å². The van der Waals surface area contributed by atoms with Crippen LogP contribution in [0.2, 0.25) is 0 Å². The van der Waals surface area contributed by atoms with E-state index in [1.165, 1.54) is 4.57 Å². The molecule has 0 unspecified atom stereocenters. The van der Waals surface area contributed by atoms with E-state index in [4.69, 9.17) is 4.74 Å². The van der Waals surface area contributed by atoms with E-state index in [1.54, 1.807) is 37.2 Å². The second-order valence-electron chi connectivity index (χ2n) is 5.99. The van der Waals surface area contributed by atoms with Crippen LogP contribution in [0, 0.1) is 0 Å². The Morgan fingerprint density at radius 3 is 2.72 bits per heavy atom. The van der Waals surface area contributed by atoms with Crippen molar-refractivity contribution in [2.75, 3.05) is 20.2 Å². The van der Waals surface area contributed by atoms with Gasteiger partial charge in [0.2, 0.25) is 0 Å². The molecule has 2 aromatic carbocycles. The maximum absolute atomic E-state index is 12.5. The second kappa shape index (κ2) is 7.36. The Morgan fingerprint density at radius 1 is 1.20 bits per heavy atom. The van der Waals surface area contributed by atoms with Crippen LogP contribution in [-0.2, 0) is 18.4 Å². The van der Waals surface area contributed by atoms with E-state index >= 15 is 0 Å². The van der Waals surface area contributed by atoms with Crippen LogP contribution < -0.4 is 5.69 Å². The highest BCUT2D eigenvalue weighted by atomic mass is 16.5. The van der Waals surface area contributed by atoms with E-state index < -0.39 is 0 Å². The van der Waals surface area contributed by atoms with Crippen molar-refractivity contribution in [1.82, 2.24) is 14.5 Å². The lowest BCUT2D eigenvalue weighted by atomic mass is 10.2. The molecule has 6 heteroatoms. The number of nitrogens with zero attached hydrogens (tertiary/aromatic N) is 2.